The number of ketones is 1. The fourth-order valence-electron chi connectivity index (χ4n) is 5.11. The van der Waals surface area contributed by atoms with E-state index in [0.29, 0.717) is 13.0 Å². The quantitative estimate of drug-likeness (QED) is 0.187. The van der Waals surface area contributed by atoms with Gasteiger partial charge >= 0.3 is 0 Å². The average molecular weight is 649 g/mol. The number of hydrogen-bond donors (Lipinski definition) is 0. The van der Waals surface area contributed by atoms with Gasteiger partial charge in [0.05, 0.1) is 5.92 Å². The highest BCUT2D eigenvalue weighted by Crippen LogP contribution is 2.35. The number of anilines is 2. The van der Waals surface area contributed by atoms with Gasteiger partial charge in [0.2, 0.25) is 5.91 Å². The summed E-state index contributed by atoms with van der Waals surface area (Å²) >= 11 is 2.25. The summed E-state index contributed by atoms with van der Waals surface area (Å²) in [6.07, 6.45) is 4.80. The van der Waals surface area contributed by atoms with Crippen LogP contribution in [-0.2, 0) is 14.4 Å². The molecule has 0 aromatic heterocycles. The number of allylic oxidation sites excluding steroid dienone is 1. The topological polar surface area (TPSA) is 57.7 Å². The van der Waals surface area contributed by atoms with Gasteiger partial charge in [-0.15, -0.1) is 0 Å². The van der Waals surface area contributed by atoms with Crippen molar-refractivity contribution in [1.82, 2.24) is 4.90 Å². The van der Waals surface area contributed by atoms with Crippen molar-refractivity contribution in [2.24, 2.45) is 11.3 Å². The molecule has 0 saturated carbocycles. The van der Waals surface area contributed by atoms with Gasteiger partial charge in [-0.05, 0) is 95.8 Å². The Morgan fingerprint density at radius 3 is 2.20 bits per heavy atom. The number of carbonyl (C=O) groups excluding carboxylic acids is 3. The second-order valence-corrected chi connectivity index (χ2v) is 12.8. The van der Waals surface area contributed by atoms with Crippen LogP contribution in [0, 0.1) is 21.8 Å². The number of hydrogen-bond acceptors (Lipinski definition) is 3. The van der Waals surface area contributed by atoms with E-state index in [-0.39, 0.29) is 24.0 Å². The first-order valence-corrected chi connectivity index (χ1v) is 14.8. The van der Waals surface area contributed by atoms with E-state index in [4.69, 9.17) is 0 Å². The van der Waals surface area contributed by atoms with Crippen molar-refractivity contribution in [3.8, 4) is 0 Å². The number of para-hydroxylation sites is 1. The Morgan fingerprint density at radius 2 is 1.57 bits per heavy atom. The average Bonchev–Trinajstić information content (AvgIpc) is 3.42. The summed E-state index contributed by atoms with van der Waals surface area (Å²) in [5.41, 5.74) is 3.18. The summed E-state index contributed by atoms with van der Waals surface area (Å²) in [6.45, 7) is 8.49. The van der Waals surface area contributed by atoms with Gasteiger partial charge in [0.15, 0.2) is 5.78 Å². The maximum absolute atomic E-state index is 14.2. The van der Waals surface area contributed by atoms with Crippen molar-refractivity contribution >= 4 is 57.6 Å². The summed E-state index contributed by atoms with van der Waals surface area (Å²) in [6, 6.07) is 24.7. The molecule has 0 radical (unpaired) electrons. The van der Waals surface area contributed by atoms with Crippen LogP contribution in [0.2, 0.25) is 0 Å². The highest BCUT2D eigenvalue weighted by atomic mass is 127. The molecule has 208 valence electrons. The maximum atomic E-state index is 14.2. The molecule has 3 aromatic carbocycles. The van der Waals surface area contributed by atoms with Gasteiger partial charge in [-0.25, -0.2) is 0 Å². The Labute approximate surface area is 251 Å². The third-order valence-corrected chi connectivity index (χ3v) is 8.15. The summed E-state index contributed by atoms with van der Waals surface area (Å²) in [7, 11) is 0. The fraction of sp³-hybridized carbons (Fsp3) is 0.324. The minimum atomic E-state index is -0.588. The molecule has 0 bridgehead atoms. The van der Waals surface area contributed by atoms with Crippen LogP contribution in [0.4, 0.5) is 11.4 Å². The second-order valence-electron chi connectivity index (χ2n) is 11.5. The number of likely N-dealkylation sites (tertiary alicyclic amines) is 1. The number of halogens is 1. The number of amides is 2. The standard InChI is InChI=1S/C34H37IN2O3/c1-24-12-14-25(15-13-24)16-21-29(38)23-30(34(2,3)4)32(39)36-22-8-11-31(36)33(40)37(27-9-6-5-7-10-27)28-19-17-26(35)18-20-28/h5-7,9-10,12-21,30-31H,8,11,22-23H2,1-4H3/b21-16+/t30?,31-/m0/s1. The minimum absolute atomic E-state index is 0.0966. The van der Waals surface area contributed by atoms with Crippen molar-refractivity contribution in [3.05, 3.63) is 99.6 Å². The van der Waals surface area contributed by atoms with Gasteiger partial charge in [-0.3, -0.25) is 19.3 Å². The zero-order chi connectivity index (χ0) is 28.9. The summed E-state index contributed by atoms with van der Waals surface area (Å²) in [5, 5.41) is 0. The predicted molar refractivity (Wildman–Crippen MR) is 170 cm³/mol. The Kier molecular flexibility index (Phi) is 9.61. The second kappa shape index (κ2) is 12.9. The molecule has 1 aliphatic rings. The molecule has 0 N–H and O–H groups in total. The van der Waals surface area contributed by atoms with Gasteiger partial charge in [0.25, 0.3) is 5.91 Å². The number of nitrogens with zero attached hydrogens (tertiary/aromatic N) is 2. The largest absolute Gasteiger partial charge is 0.330 e. The van der Waals surface area contributed by atoms with E-state index in [0.717, 1.165) is 32.5 Å². The summed E-state index contributed by atoms with van der Waals surface area (Å²) < 4.78 is 1.08. The van der Waals surface area contributed by atoms with E-state index >= 15 is 0 Å². The van der Waals surface area contributed by atoms with Crippen molar-refractivity contribution < 1.29 is 14.4 Å². The highest BCUT2D eigenvalue weighted by Gasteiger charge is 2.43. The first kappa shape index (κ1) is 29.7. The van der Waals surface area contributed by atoms with Gasteiger partial charge in [0.1, 0.15) is 6.04 Å². The Morgan fingerprint density at radius 1 is 0.950 bits per heavy atom. The molecule has 0 aliphatic carbocycles. The molecular formula is C34H37IN2O3. The molecule has 40 heavy (non-hydrogen) atoms. The van der Waals surface area contributed by atoms with E-state index in [9.17, 15) is 14.4 Å². The van der Waals surface area contributed by atoms with Crippen molar-refractivity contribution in [3.63, 3.8) is 0 Å². The third-order valence-electron chi connectivity index (χ3n) is 7.43. The zero-order valence-electron chi connectivity index (χ0n) is 23.6. The van der Waals surface area contributed by atoms with E-state index in [1.165, 1.54) is 0 Å². The Balaban J connectivity index is 1.57. The molecule has 1 saturated heterocycles. The van der Waals surface area contributed by atoms with Crippen molar-refractivity contribution in [2.45, 2.75) is 53.0 Å². The highest BCUT2D eigenvalue weighted by molar-refractivity contribution is 14.1. The van der Waals surface area contributed by atoms with E-state index < -0.39 is 17.4 Å². The Hall–Kier alpha value is -3.26. The lowest BCUT2D eigenvalue weighted by Gasteiger charge is -2.36. The molecule has 1 unspecified atom stereocenters. The molecule has 1 fully saturated rings. The minimum Gasteiger partial charge on any atom is -0.330 e. The fourth-order valence-corrected chi connectivity index (χ4v) is 5.47. The molecule has 5 nitrogen and oxygen atoms in total. The zero-order valence-corrected chi connectivity index (χ0v) is 25.8. The molecule has 1 heterocycles. The molecule has 2 amide bonds. The van der Waals surface area contributed by atoms with Crippen LogP contribution in [0.25, 0.3) is 6.08 Å². The molecular weight excluding hydrogens is 611 g/mol. The predicted octanol–water partition coefficient (Wildman–Crippen LogP) is 7.59. The number of carbonyl (C=O) groups is 3. The molecule has 6 heteroatoms. The molecule has 3 aromatic rings. The van der Waals surface area contributed by atoms with Crippen LogP contribution in [-0.4, -0.2) is 35.1 Å². The van der Waals surface area contributed by atoms with Gasteiger partial charge in [0, 0.05) is 27.9 Å². The molecule has 4 rings (SSSR count). The first-order chi connectivity index (χ1) is 19.0. The van der Waals surface area contributed by atoms with Crippen LogP contribution < -0.4 is 4.90 Å². The van der Waals surface area contributed by atoms with Gasteiger partial charge in [-0.1, -0.05) is 74.9 Å². The number of benzene rings is 3. The number of rotatable bonds is 8. The van der Waals surface area contributed by atoms with Gasteiger partial charge < -0.3 is 4.90 Å². The normalized spacial score (nSPS) is 16.2. The van der Waals surface area contributed by atoms with E-state index in [1.54, 1.807) is 22.0 Å². The summed E-state index contributed by atoms with van der Waals surface area (Å²) in [5.74, 6) is -0.896. The molecule has 0 spiro atoms. The van der Waals surface area contributed by atoms with Crippen molar-refractivity contribution in [2.75, 3.05) is 11.4 Å². The third kappa shape index (κ3) is 7.27. The lowest BCUT2D eigenvalue weighted by Crippen LogP contribution is -2.50. The van der Waals surface area contributed by atoms with Crippen LogP contribution in [0.1, 0.15) is 51.2 Å². The van der Waals surface area contributed by atoms with Crippen LogP contribution in [0.5, 0.6) is 0 Å². The van der Waals surface area contributed by atoms with Crippen LogP contribution >= 0.6 is 22.6 Å². The van der Waals surface area contributed by atoms with E-state index in [2.05, 4.69) is 22.6 Å². The summed E-state index contributed by atoms with van der Waals surface area (Å²) in [4.78, 5) is 44.7. The van der Waals surface area contributed by atoms with Crippen LogP contribution in [0.15, 0.2) is 84.9 Å². The smallest absolute Gasteiger partial charge is 0.254 e. The molecule has 1 aliphatic heterocycles. The van der Waals surface area contributed by atoms with E-state index in [1.807, 2.05) is 107 Å². The first-order valence-electron chi connectivity index (χ1n) is 13.8. The number of aryl methyl sites for hydroxylation is 1. The van der Waals surface area contributed by atoms with Crippen molar-refractivity contribution in [1.29, 1.82) is 0 Å². The van der Waals surface area contributed by atoms with Crippen LogP contribution in [0.3, 0.4) is 0 Å². The maximum Gasteiger partial charge on any atom is 0.254 e. The van der Waals surface area contributed by atoms with Gasteiger partial charge in [-0.2, -0.15) is 0 Å². The SMILES string of the molecule is Cc1ccc(/C=C/C(=O)CC(C(=O)N2CCC[C@H]2C(=O)N(c2ccccc2)c2ccc(I)cc2)C(C)(C)C)cc1. The lowest BCUT2D eigenvalue weighted by atomic mass is 9.76. The molecule has 2 atom stereocenters. The monoisotopic (exact) mass is 648 g/mol. The Bertz CT molecular complexity index is 1360. The lowest BCUT2D eigenvalue weighted by molar-refractivity contribution is -0.145.